The zero-order valence-electron chi connectivity index (χ0n) is 9.60. The van der Waals surface area contributed by atoms with Crippen LogP contribution in [0.3, 0.4) is 0 Å². The van der Waals surface area contributed by atoms with E-state index in [0.717, 1.165) is 11.6 Å². The van der Waals surface area contributed by atoms with E-state index in [1.807, 2.05) is 0 Å². The van der Waals surface area contributed by atoms with Crippen molar-refractivity contribution in [3.8, 4) is 0 Å². The third-order valence-electron chi connectivity index (χ3n) is 2.41. The molecule has 0 saturated carbocycles. The Kier molecular flexibility index (Phi) is 3.39. The van der Waals surface area contributed by atoms with Gasteiger partial charge in [-0.1, -0.05) is 11.6 Å². The fourth-order valence-corrected chi connectivity index (χ4v) is 1.80. The van der Waals surface area contributed by atoms with Crippen molar-refractivity contribution in [3.63, 3.8) is 0 Å². The summed E-state index contributed by atoms with van der Waals surface area (Å²) in [5, 5.41) is 2.86. The van der Waals surface area contributed by atoms with E-state index in [9.17, 15) is 8.78 Å². The smallest absolute Gasteiger partial charge is 0.143 e. The van der Waals surface area contributed by atoms with Crippen molar-refractivity contribution in [1.82, 2.24) is 0 Å². The van der Waals surface area contributed by atoms with Gasteiger partial charge in [0.05, 0.1) is 16.4 Å². The number of nitrogen functional groups attached to an aromatic ring is 1. The van der Waals surface area contributed by atoms with Gasteiger partial charge in [0.25, 0.3) is 0 Å². The van der Waals surface area contributed by atoms with E-state index >= 15 is 0 Å². The first-order chi connectivity index (χ1) is 8.45. The van der Waals surface area contributed by atoms with Gasteiger partial charge in [-0.25, -0.2) is 8.78 Å². The second kappa shape index (κ2) is 4.82. The van der Waals surface area contributed by atoms with Gasteiger partial charge in [-0.05, 0) is 36.8 Å². The van der Waals surface area contributed by atoms with Crippen LogP contribution in [-0.4, -0.2) is 0 Å². The molecule has 0 amide bonds. The number of nitrogens with one attached hydrogen (secondary N) is 1. The molecule has 0 aliphatic carbocycles. The molecule has 0 radical (unpaired) electrons. The van der Waals surface area contributed by atoms with Crippen LogP contribution >= 0.6 is 11.6 Å². The highest BCUT2D eigenvalue weighted by atomic mass is 35.5. The van der Waals surface area contributed by atoms with Gasteiger partial charge in [-0.3, -0.25) is 0 Å². The van der Waals surface area contributed by atoms with E-state index in [2.05, 4.69) is 5.32 Å². The number of hydrogen-bond acceptors (Lipinski definition) is 2. The van der Waals surface area contributed by atoms with Gasteiger partial charge in [0.2, 0.25) is 0 Å². The molecule has 0 heterocycles. The Morgan fingerprint density at radius 2 is 1.83 bits per heavy atom. The SMILES string of the molecule is Cc1cc(F)cc(Nc2cc(Cl)c(F)cc2N)c1. The van der Waals surface area contributed by atoms with E-state index < -0.39 is 5.82 Å². The first-order valence-corrected chi connectivity index (χ1v) is 5.62. The van der Waals surface area contributed by atoms with Crippen LogP contribution in [0.25, 0.3) is 0 Å². The molecule has 94 valence electrons. The van der Waals surface area contributed by atoms with Gasteiger partial charge < -0.3 is 11.1 Å². The molecule has 0 saturated heterocycles. The summed E-state index contributed by atoms with van der Waals surface area (Å²) < 4.78 is 26.3. The van der Waals surface area contributed by atoms with E-state index in [1.165, 1.54) is 18.2 Å². The van der Waals surface area contributed by atoms with Gasteiger partial charge in [0, 0.05) is 11.8 Å². The van der Waals surface area contributed by atoms with E-state index in [4.69, 9.17) is 17.3 Å². The van der Waals surface area contributed by atoms with Crippen molar-refractivity contribution in [1.29, 1.82) is 0 Å². The summed E-state index contributed by atoms with van der Waals surface area (Å²) in [5.41, 5.74) is 7.60. The lowest BCUT2D eigenvalue weighted by atomic mass is 10.2. The average Bonchev–Trinajstić information content (AvgIpc) is 2.24. The van der Waals surface area contributed by atoms with Crippen LogP contribution in [0.15, 0.2) is 30.3 Å². The van der Waals surface area contributed by atoms with Crippen molar-refractivity contribution in [3.05, 3.63) is 52.6 Å². The molecule has 0 fully saturated rings. The molecule has 0 aliphatic rings. The zero-order chi connectivity index (χ0) is 13.3. The van der Waals surface area contributed by atoms with Gasteiger partial charge in [-0.2, -0.15) is 0 Å². The van der Waals surface area contributed by atoms with Crippen LogP contribution in [0.1, 0.15) is 5.56 Å². The highest BCUT2D eigenvalue weighted by Crippen LogP contribution is 2.29. The zero-order valence-corrected chi connectivity index (χ0v) is 10.4. The standard InChI is InChI=1S/C13H11ClF2N2/c1-7-2-8(15)4-9(3-7)18-13-5-10(14)11(16)6-12(13)17/h2-6,18H,17H2,1H3. The molecule has 2 aromatic carbocycles. The van der Waals surface area contributed by atoms with Crippen LogP contribution in [-0.2, 0) is 0 Å². The average molecular weight is 269 g/mol. The number of aryl methyl sites for hydroxylation is 1. The van der Waals surface area contributed by atoms with E-state index in [1.54, 1.807) is 13.0 Å². The van der Waals surface area contributed by atoms with Gasteiger partial charge in [0.15, 0.2) is 0 Å². The fraction of sp³-hybridized carbons (Fsp3) is 0.0769. The molecule has 2 rings (SSSR count). The number of rotatable bonds is 2. The number of benzene rings is 2. The number of halogens is 3. The van der Waals surface area contributed by atoms with Crippen LogP contribution < -0.4 is 11.1 Å². The van der Waals surface area contributed by atoms with Crippen LogP contribution in [0.5, 0.6) is 0 Å². The summed E-state index contributed by atoms with van der Waals surface area (Å²) in [4.78, 5) is 0. The maximum absolute atomic E-state index is 13.2. The van der Waals surface area contributed by atoms with Gasteiger partial charge in [0.1, 0.15) is 11.6 Å². The molecule has 0 aromatic heterocycles. The molecule has 2 aromatic rings. The molecule has 0 aliphatic heterocycles. The Hall–Kier alpha value is -1.81. The lowest BCUT2D eigenvalue weighted by molar-refractivity contribution is 0.627. The largest absolute Gasteiger partial charge is 0.397 e. The quantitative estimate of drug-likeness (QED) is 0.799. The van der Waals surface area contributed by atoms with Gasteiger partial charge in [-0.15, -0.1) is 0 Å². The normalized spacial score (nSPS) is 10.4. The topological polar surface area (TPSA) is 38.0 Å². The Morgan fingerprint density at radius 1 is 1.11 bits per heavy atom. The Morgan fingerprint density at radius 3 is 2.50 bits per heavy atom. The van der Waals surface area contributed by atoms with Crippen LogP contribution in [0.2, 0.25) is 5.02 Å². The maximum atomic E-state index is 13.2. The Balaban J connectivity index is 2.36. The Labute approximate surface area is 108 Å². The molecular formula is C13H11ClF2N2. The lowest BCUT2D eigenvalue weighted by Gasteiger charge is -2.11. The summed E-state index contributed by atoms with van der Waals surface area (Å²) in [6.07, 6.45) is 0. The highest BCUT2D eigenvalue weighted by Gasteiger charge is 2.07. The molecule has 2 nitrogen and oxygen atoms in total. The van der Waals surface area contributed by atoms with Crippen molar-refractivity contribution >= 4 is 28.7 Å². The monoisotopic (exact) mass is 268 g/mol. The predicted molar refractivity (Wildman–Crippen MR) is 70.2 cm³/mol. The highest BCUT2D eigenvalue weighted by molar-refractivity contribution is 6.31. The number of anilines is 3. The molecule has 3 N–H and O–H groups in total. The summed E-state index contributed by atoms with van der Waals surface area (Å²) in [7, 11) is 0. The molecule has 0 bridgehead atoms. The molecule has 18 heavy (non-hydrogen) atoms. The van der Waals surface area contributed by atoms with Crippen molar-refractivity contribution < 1.29 is 8.78 Å². The minimum absolute atomic E-state index is 0.0418. The predicted octanol–water partition coefficient (Wildman–Crippen LogP) is 4.25. The summed E-state index contributed by atoms with van der Waals surface area (Å²) >= 11 is 5.67. The summed E-state index contributed by atoms with van der Waals surface area (Å²) in [6, 6.07) is 6.97. The lowest BCUT2D eigenvalue weighted by Crippen LogP contribution is -1.98. The van der Waals surface area contributed by atoms with Crippen molar-refractivity contribution in [2.24, 2.45) is 0 Å². The minimum Gasteiger partial charge on any atom is -0.397 e. The maximum Gasteiger partial charge on any atom is 0.143 e. The second-order valence-electron chi connectivity index (χ2n) is 4.00. The minimum atomic E-state index is -0.588. The van der Waals surface area contributed by atoms with Crippen LogP contribution in [0.4, 0.5) is 25.8 Å². The molecule has 0 spiro atoms. The van der Waals surface area contributed by atoms with Crippen molar-refractivity contribution in [2.45, 2.75) is 6.92 Å². The summed E-state index contributed by atoms with van der Waals surface area (Å²) in [5.74, 6) is -0.945. The Bertz CT molecular complexity index is 580. The first kappa shape index (κ1) is 12.6. The molecular weight excluding hydrogens is 258 g/mol. The third-order valence-corrected chi connectivity index (χ3v) is 2.70. The number of hydrogen-bond donors (Lipinski definition) is 2. The molecule has 0 unspecified atom stereocenters. The number of nitrogens with two attached hydrogens (primary N) is 1. The van der Waals surface area contributed by atoms with Gasteiger partial charge >= 0.3 is 0 Å². The third kappa shape index (κ3) is 2.71. The van der Waals surface area contributed by atoms with Crippen molar-refractivity contribution in [2.75, 3.05) is 11.1 Å². The van der Waals surface area contributed by atoms with Crippen LogP contribution in [0, 0.1) is 18.6 Å². The second-order valence-corrected chi connectivity index (χ2v) is 4.40. The van der Waals surface area contributed by atoms with E-state index in [0.29, 0.717) is 11.4 Å². The fourth-order valence-electron chi connectivity index (χ4n) is 1.63. The molecule has 5 heteroatoms. The molecule has 0 atom stereocenters. The first-order valence-electron chi connectivity index (χ1n) is 5.24. The summed E-state index contributed by atoms with van der Waals surface area (Å²) in [6.45, 7) is 1.77. The van der Waals surface area contributed by atoms with E-state index in [-0.39, 0.29) is 16.5 Å².